The van der Waals surface area contributed by atoms with Crippen molar-refractivity contribution < 1.29 is 9.21 Å². The minimum Gasteiger partial charge on any atom is -0.455 e. The normalized spacial score (nSPS) is 12.8. The van der Waals surface area contributed by atoms with Crippen molar-refractivity contribution in [3.05, 3.63) is 64.1 Å². The van der Waals surface area contributed by atoms with E-state index in [9.17, 15) is 4.79 Å². The third-order valence-corrected chi connectivity index (χ3v) is 5.16. The highest BCUT2D eigenvalue weighted by Gasteiger charge is 2.31. The Hall–Kier alpha value is -2.33. The number of para-hydroxylation sites is 1. The second-order valence-corrected chi connectivity index (χ2v) is 6.82. The molecule has 0 atom stereocenters. The number of rotatable bonds is 0. The summed E-state index contributed by atoms with van der Waals surface area (Å²) < 4.78 is 7.03. The number of furan rings is 1. The zero-order chi connectivity index (χ0) is 15.7. The fraction of sp³-hybridized carbons (Fsp3) is 0. The van der Waals surface area contributed by atoms with Crippen LogP contribution in [0.3, 0.4) is 0 Å². The fourth-order valence-electron chi connectivity index (χ4n) is 3.51. The number of hydrogen-bond acceptors (Lipinski definition) is 2. The molecule has 4 aromatic rings. The number of benzene rings is 3. The molecule has 1 aromatic heterocycles. The van der Waals surface area contributed by atoms with Crippen LogP contribution in [0.2, 0.25) is 0 Å². The molecule has 108 valence electrons. The molecule has 0 fully saturated rings. The van der Waals surface area contributed by atoms with Crippen molar-refractivity contribution in [2.45, 2.75) is 0 Å². The SMILES string of the molecule is Bc1ccc2c(c1)C(=O)c1cc(Br)c3c(oc4ccccc43)c1-2. The lowest BCUT2D eigenvalue weighted by Gasteiger charge is -2.03. The van der Waals surface area contributed by atoms with Crippen LogP contribution in [0.15, 0.2) is 57.4 Å². The van der Waals surface area contributed by atoms with Crippen molar-refractivity contribution in [3.63, 3.8) is 0 Å². The lowest BCUT2D eigenvalue weighted by molar-refractivity contribution is 0.104. The largest absolute Gasteiger partial charge is 0.455 e. The molecule has 1 aliphatic carbocycles. The van der Waals surface area contributed by atoms with Gasteiger partial charge in [0, 0.05) is 31.9 Å². The van der Waals surface area contributed by atoms with E-state index >= 15 is 0 Å². The van der Waals surface area contributed by atoms with Crippen LogP contribution in [0.5, 0.6) is 0 Å². The molecule has 0 radical (unpaired) electrons. The molecule has 3 aromatic carbocycles. The molecule has 5 rings (SSSR count). The van der Waals surface area contributed by atoms with E-state index in [1.807, 2.05) is 56.4 Å². The molecule has 0 unspecified atom stereocenters. The molecule has 0 amide bonds. The van der Waals surface area contributed by atoms with E-state index in [2.05, 4.69) is 15.9 Å². The van der Waals surface area contributed by atoms with Crippen molar-refractivity contribution in [2.24, 2.45) is 0 Å². The lowest BCUT2D eigenvalue weighted by atomic mass is 9.92. The second-order valence-electron chi connectivity index (χ2n) is 5.96. The minimum atomic E-state index is 0.0711. The predicted octanol–water partition coefficient (Wildman–Crippen LogP) is 3.82. The zero-order valence-electron chi connectivity index (χ0n) is 12.3. The average Bonchev–Trinajstić information content (AvgIpc) is 3.05. The van der Waals surface area contributed by atoms with Gasteiger partial charge in [0.15, 0.2) is 5.78 Å². The predicted molar refractivity (Wildman–Crippen MR) is 98.5 cm³/mol. The van der Waals surface area contributed by atoms with E-state index in [4.69, 9.17) is 4.42 Å². The van der Waals surface area contributed by atoms with Gasteiger partial charge < -0.3 is 4.42 Å². The van der Waals surface area contributed by atoms with Crippen LogP contribution in [0.25, 0.3) is 33.1 Å². The molecule has 0 spiro atoms. The Balaban J connectivity index is 2.02. The van der Waals surface area contributed by atoms with Crippen LogP contribution in [0, 0.1) is 0 Å². The maximum absolute atomic E-state index is 12.8. The minimum absolute atomic E-state index is 0.0711. The summed E-state index contributed by atoms with van der Waals surface area (Å²) >= 11 is 3.63. The Morgan fingerprint density at radius 2 is 1.78 bits per heavy atom. The van der Waals surface area contributed by atoms with Crippen molar-refractivity contribution in [1.29, 1.82) is 0 Å². The summed E-state index contributed by atoms with van der Waals surface area (Å²) in [6.07, 6.45) is 0. The highest BCUT2D eigenvalue weighted by molar-refractivity contribution is 9.10. The Kier molecular flexibility index (Phi) is 2.49. The van der Waals surface area contributed by atoms with Crippen LogP contribution in [0.1, 0.15) is 15.9 Å². The number of hydrogen-bond donors (Lipinski definition) is 0. The highest BCUT2D eigenvalue weighted by atomic mass is 79.9. The van der Waals surface area contributed by atoms with Gasteiger partial charge in [0.25, 0.3) is 0 Å². The van der Waals surface area contributed by atoms with Crippen molar-refractivity contribution in [1.82, 2.24) is 0 Å². The quantitative estimate of drug-likeness (QED) is 0.393. The van der Waals surface area contributed by atoms with Gasteiger partial charge in [-0.3, -0.25) is 4.79 Å². The van der Waals surface area contributed by atoms with Crippen molar-refractivity contribution in [2.75, 3.05) is 0 Å². The molecule has 0 aliphatic heterocycles. The van der Waals surface area contributed by atoms with Gasteiger partial charge in [0.05, 0.1) is 0 Å². The maximum Gasteiger partial charge on any atom is 0.194 e. The summed E-state index contributed by atoms with van der Waals surface area (Å²) in [6.45, 7) is 0. The zero-order valence-corrected chi connectivity index (χ0v) is 13.9. The molecule has 1 heterocycles. The lowest BCUT2D eigenvalue weighted by Crippen LogP contribution is -2.05. The molecule has 0 bridgehead atoms. The standard InChI is InChI=1S/C19H10BBrO2/c20-9-5-6-10-12(7-9)18(22)13-8-14(21)17-11-3-1-2-4-15(11)23-19(17)16(10)13/h1-8H,20H2. The van der Waals surface area contributed by atoms with Gasteiger partial charge >= 0.3 is 0 Å². The van der Waals surface area contributed by atoms with E-state index in [-0.39, 0.29) is 5.78 Å². The first-order valence-electron chi connectivity index (χ1n) is 7.44. The Bertz CT molecular complexity index is 1160. The molecule has 0 saturated carbocycles. The van der Waals surface area contributed by atoms with Gasteiger partial charge in [0.1, 0.15) is 19.0 Å². The molecule has 2 nitrogen and oxygen atoms in total. The van der Waals surface area contributed by atoms with Crippen LogP contribution < -0.4 is 5.46 Å². The third kappa shape index (κ3) is 1.62. The topological polar surface area (TPSA) is 30.2 Å². The van der Waals surface area contributed by atoms with Crippen LogP contribution in [-0.4, -0.2) is 13.6 Å². The van der Waals surface area contributed by atoms with Gasteiger partial charge in [-0.1, -0.05) is 41.9 Å². The van der Waals surface area contributed by atoms with Crippen LogP contribution in [0.4, 0.5) is 0 Å². The summed E-state index contributed by atoms with van der Waals surface area (Å²) in [5.41, 5.74) is 6.07. The molecule has 0 saturated heterocycles. The van der Waals surface area contributed by atoms with Gasteiger partial charge in [-0.2, -0.15) is 0 Å². The Labute approximate surface area is 141 Å². The van der Waals surface area contributed by atoms with Gasteiger partial charge in [-0.05, 0) is 33.6 Å². The number of fused-ring (bicyclic) bond motifs is 7. The summed E-state index contributed by atoms with van der Waals surface area (Å²) in [5.74, 6) is 0.0711. The average molecular weight is 361 g/mol. The Morgan fingerprint density at radius 1 is 0.957 bits per heavy atom. The molecular weight excluding hydrogens is 351 g/mol. The number of halogens is 1. The first-order valence-corrected chi connectivity index (χ1v) is 8.24. The molecule has 23 heavy (non-hydrogen) atoms. The monoisotopic (exact) mass is 360 g/mol. The summed E-state index contributed by atoms with van der Waals surface area (Å²) in [6, 6.07) is 15.9. The van der Waals surface area contributed by atoms with Crippen LogP contribution >= 0.6 is 15.9 Å². The van der Waals surface area contributed by atoms with E-state index in [0.717, 1.165) is 48.6 Å². The van der Waals surface area contributed by atoms with Crippen LogP contribution in [-0.2, 0) is 0 Å². The number of ketones is 1. The molecule has 1 aliphatic rings. The third-order valence-electron chi connectivity index (χ3n) is 4.54. The van der Waals surface area contributed by atoms with E-state index in [0.29, 0.717) is 5.56 Å². The molecular formula is C19H10BBrO2. The van der Waals surface area contributed by atoms with Crippen molar-refractivity contribution >= 4 is 57.0 Å². The summed E-state index contributed by atoms with van der Waals surface area (Å²) in [4.78, 5) is 12.8. The number of carbonyl (C=O) groups excluding carboxylic acids is 1. The van der Waals surface area contributed by atoms with E-state index in [1.165, 1.54) is 0 Å². The van der Waals surface area contributed by atoms with Gasteiger partial charge in [0.2, 0.25) is 0 Å². The highest BCUT2D eigenvalue weighted by Crippen LogP contribution is 2.46. The molecule has 0 N–H and O–H groups in total. The smallest absolute Gasteiger partial charge is 0.194 e. The fourth-order valence-corrected chi connectivity index (χ4v) is 4.13. The first-order chi connectivity index (χ1) is 11.1. The van der Waals surface area contributed by atoms with Gasteiger partial charge in [-0.15, -0.1) is 0 Å². The van der Waals surface area contributed by atoms with E-state index in [1.54, 1.807) is 0 Å². The summed E-state index contributed by atoms with van der Waals surface area (Å²) in [5, 5.41) is 2.09. The van der Waals surface area contributed by atoms with Gasteiger partial charge in [-0.25, -0.2) is 0 Å². The van der Waals surface area contributed by atoms with Crippen molar-refractivity contribution in [3.8, 4) is 11.1 Å². The summed E-state index contributed by atoms with van der Waals surface area (Å²) in [7, 11) is 2.00. The second kappa shape index (κ2) is 4.36. The van der Waals surface area contributed by atoms with E-state index < -0.39 is 0 Å². The first kappa shape index (κ1) is 13.1. The Morgan fingerprint density at radius 3 is 2.65 bits per heavy atom. The number of carbonyl (C=O) groups is 1. The maximum atomic E-state index is 12.8. The molecule has 4 heteroatoms.